The lowest BCUT2D eigenvalue weighted by Crippen LogP contribution is -2.39. The molecule has 0 aliphatic heterocycles. The Kier molecular flexibility index (Phi) is 0.567. The molecule has 3 unspecified atom stereocenters. The smallest absolute Gasteiger partial charge is 0.0150 e. The minimum Gasteiger partial charge on any atom is -0.0591 e. The van der Waals surface area contributed by atoms with E-state index in [4.69, 9.17) is 0 Å². The molecule has 0 heteroatoms. The summed E-state index contributed by atoms with van der Waals surface area (Å²) < 4.78 is 0. The quantitative estimate of drug-likeness (QED) is 0.495. The molecule has 4 aliphatic carbocycles. The SMILES string of the molecule is CC12CCC3C4(CC4)C31CC2. The molecule has 4 aliphatic rings. The van der Waals surface area contributed by atoms with Crippen LogP contribution in [0.3, 0.4) is 0 Å². The van der Waals surface area contributed by atoms with E-state index in [2.05, 4.69) is 6.92 Å². The van der Waals surface area contributed by atoms with E-state index >= 15 is 0 Å². The van der Waals surface area contributed by atoms with Crippen molar-refractivity contribution in [3.8, 4) is 0 Å². The molecule has 0 bridgehead atoms. The van der Waals surface area contributed by atoms with E-state index in [1.807, 2.05) is 0 Å². The van der Waals surface area contributed by atoms with Gasteiger partial charge in [0.15, 0.2) is 0 Å². The zero-order chi connectivity index (χ0) is 7.32. The first-order valence-electron chi connectivity index (χ1n) is 5.25. The van der Waals surface area contributed by atoms with Crippen LogP contribution in [-0.2, 0) is 0 Å². The molecule has 0 aromatic rings. The average molecular weight is 148 g/mol. The van der Waals surface area contributed by atoms with Crippen LogP contribution in [0.15, 0.2) is 0 Å². The maximum absolute atomic E-state index is 2.57. The number of hydrogen-bond donors (Lipinski definition) is 0. The van der Waals surface area contributed by atoms with Gasteiger partial charge >= 0.3 is 0 Å². The molecule has 0 saturated heterocycles. The van der Waals surface area contributed by atoms with Crippen molar-refractivity contribution in [2.45, 2.75) is 45.4 Å². The van der Waals surface area contributed by atoms with Gasteiger partial charge in [0.05, 0.1) is 0 Å². The third kappa shape index (κ3) is 0.302. The summed E-state index contributed by atoms with van der Waals surface area (Å²) in [6.45, 7) is 2.57. The minimum atomic E-state index is 0.841. The van der Waals surface area contributed by atoms with Crippen LogP contribution in [0.4, 0.5) is 0 Å². The predicted molar refractivity (Wildman–Crippen MR) is 44.2 cm³/mol. The van der Waals surface area contributed by atoms with Gasteiger partial charge in [-0.3, -0.25) is 0 Å². The van der Waals surface area contributed by atoms with Crippen molar-refractivity contribution in [2.75, 3.05) is 0 Å². The summed E-state index contributed by atoms with van der Waals surface area (Å²) in [4.78, 5) is 0. The second-order valence-electron chi connectivity index (χ2n) is 5.78. The molecule has 0 nitrogen and oxygen atoms in total. The molecule has 0 radical (unpaired) electrons. The molecule has 0 aromatic carbocycles. The van der Waals surface area contributed by atoms with E-state index in [1.165, 1.54) is 5.92 Å². The highest BCUT2D eigenvalue weighted by molar-refractivity contribution is 5.38. The molecule has 0 amide bonds. The second kappa shape index (κ2) is 1.11. The van der Waals surface area contributed by atoms with Crippen molar-refractivity contribution < 1.29 is 0 Å². The lowest BCUT2D eigenvalue weighted by molar-refractivity contribution is 0.0187. The standard InChI is InChI=1S/C11H16/c1-9-3-2-8-10(5-6-10)11(8,9)7-4-9/h8H,2-7H2,1H3. The Morgan fingerprint density at radius 1 is 1.00 bits per heavy atom. The van der Waals surface area contributed by atoms with E-state index in [0.29, 0.717) is 0 Å². The molecule has 11 heavy (non-hydrogen) atoms. The normalized spacial score (nSPS) is 66.8. The van der Waals surface area contributed by atoms with Crippen LogP contribution in [-0.4, -0.2) is 0 Å². The molecule has 3 atom stereocenters. The first kappa shape index (κ1) is 5.61. The van der Waals surface area contributed by atoms with Gasteiger partial charge in [-0.25, -0.2) is 0 Å². The molecule has 0 aromatic heterocycles. The van der Waals surface area contributed by atoms with Crippen molar-refractivity contribution in [1.29, 1.82) is 0 Å². The van der Waals surface area contributed by atoms with Crippen LogP contribution in [0.2, 0.25) is 0 Å². The van der Waals surface area contributed by atoms with Gasteiger partial charge in [-0.2, -0.15) is 0 Å². The van der Waals surface area contributed by atoms with E-state index in [9.17, 15) is 0 Å². The summed E-state index contributed by atoms with van der Waals surface area (Å²) in [6, 6.07) is 0. The van der Waals surface area contributed by atoms with E-state index in [0.717, 1.165) is 16.2 Å². The van der Waals surface area contributed by atoms with Gasteiger partial charge in [0.2, 0.25) is 0 Å². The fourth-order valence-corrected chi connectivity index (χ4v) is 5.29. The lowest BCUT2D eigenvalue weighted by atomic mass is 9.57. The molecule has 4 saturated carbocycles. The molecule has 4 fully saturated rings. The molecular formula is C11H16. The minimum absolute atomic E-state index is 0.841. The van der Waals surface area contributed by atoms with Gasteiger partial charge in [-0.1, -0.05) is 6.92 Å². The average Bonchev–Trinajstić information content (AvgIpc) is 2.83. The number of hydrogen-bond acceptors (Lipinski definition) is 0. The van der Waals surface area contributed by atoms with Crippen LogP contribution in [0.25, 0.3) is 0 Å². The molecule has 60 valence electrons. The number of rotatable bonds is 0. The van der Waals surface area contributed by atoms with E-state index in [-0.39, 0.29) is 0 Å². The predicted octanol–water partition coefficient (Wildman–Crippen LogP) is 2.98. The maximum atomic E-state index is 2.57. The monoisotopic (exact) mass is 148 g/mol. The van der Waals surface area contributed by atoms with E-state index < -0.39 is 0 Å². The van der Waals surface area contributed by atoms with E-state index in [1.54, 1.807) is 38.5 Å². The summed E-state index contributed by atoms with van der Waals surface area (Å²) in [5.41, 5.74) is 2.76. The highest BCUT2D eigenvalue weighted by Gasteiger charge is 2.90. The van der Waals surface area contributed by atoms with Crippen LogP contribution in [0.5, 0.6) is 0 Å². The van der Waals surface area contributed by atoms with Gasteiger partial charge in [-0.15, -0.1) is 0 Å². The lowest BCUT2D eigenvalue weighted by Gasteiger charge is -2.47. The van der Waals surface area contributed by atoms with Gasteiger partial charge < -0.3 is 0 Å². The summed E-state index contributed by atoms with van der Waals surface area (Å²) in [5, 5.41) is 0. The van der Waals surface area contributed by atoms with Crippen molar-refractivity contribution in [3.63, 3.8) is 0 Å². The molecule has 2 spiro atoms. The van der Waals surface area contributed by atoms with Crippen LogP contribution >= 0.6 is 0 Å². The van der Waals surface area contributed by atoms with Gasteiger partial charge in [-0.05, 0) is 60.7 Å². The fourth-order valence-electron chi connectivity index (χ4n) is 5.29. The Bertz CT molecular complexity index is 251. The van der Waals surface area contributed by atoms with Crippen LogP contribution in [0, 0.1) is 22.2 Å². The van der Waals surface area contributed by atoms with Crippen molar-refractivity contribution in [1.82, 2.24) is 0 Å². The van der Waals surface area contributed by atoms with Gasteiger partial charge in [0.1, 0.15) is 0 Å². The maximum Gasteiger partial charge on any atom is -0.0150 e. The fraction of sp³-hybridized carbons (Fsp3) is 1.00. The van der Waals surface area contributed by atoms with Crippen molar-refractivity contribution in [2.24, 2.45) is 22.2 Å². The van der Waals surface area contributed by atoms with Crippen LogP contribution < -0.4 is 0 Å². The summed E-state index contributed by atoms with van der Waals surface area (Å²) in [7, 11) is 0. The Balaban J connectivity index is 1.89. The second-order valence-corrected chi connectivity index (χ2v) is 5.78. The highest BCUT2D eigenvalue weighted by atomic mass is 14.9. The third-order valence-corrected chi connectivity index (χ3v) is 5.99. The summed E-state index contributed by atoms with van der Waals surface area (Å²) in [5.74, 6) is 1.22. The first-order valence-corrected chi connectivity index (χ1v) is 5.25. The first-order chi connectivity index (χ1) is 5.25. The Morgan fingerprint density at radius 2 is 1.82 bits per heavy atom. The number of fused-ring (bicyclic) bond motifs is 1. The van der Waals surface area contributed by atoms with Gasteiger partial charge in [0.25, 0.3) is 0 Å². The Morgan fingerprint density at radius 3 is 2.18 bits per heavy atom. The zero-order valence-corrected chi connectivity index (χ0v) is 7.32. The summed E-state index contributed by atoms with van der Waals surface area (Å²) in [6.07, 6.45) is 9.54. The summed E-state index contributed by atoms with van der Waals surface area (Å²) >= 11 is 0. The Labute approximate surface area is 68.4 Å². The molecule has 0 N–H and O–H groups in total. The van der Waals surface area contributed by atoms with Crippen molar-refractivity contribution in [3.05, 3.63) is 0 Å². The molecule has 0 heterocycles. The largest absolute Gasteiger partial charge is 0.0591 e. The third-order valence-electron chi connectivity index (χ3n) is 5.99. The molecule has 4 rings (SSSR count). The zero-order valence-electron chi connectivity index (χ0n) is 7.32. The molecular weight excluding hydrogens is 132 g/mol. The topological polar surface area (TPSA) is 0 Å². The van der Waals surface area contributed by atoms with Crippen molar-refractivity contribution >= 4 is 0 Å². The highest BCUT2D eigenvalue weighted by Crippen LogP contribution is 2.97. The van der Waals surface area contributed by atoms with Gasteiger partial charge in [0, 0.05) is 0 Å². The van der Waals surface area contributed by atoms with Crippen LogP contribution in [0.1, 0.15) is 45.4 Å². The Hall–Kier alpha value is 0.